The Kier molecular flexibility index (Phi) is 5.24. The molecule has 1 fully saturated rings. The van der Waals surface area contributed by atoms with Crippen molar-refractivity contribution >= 4 is 0 Å². The number of rotatable bonds is 4. The van der Waals surface area contributed by atoms with Gasteiger partial charge in [-0.2, -0.15) is 0 Å². The van der Waals surface area contributed by atoms with Gasteiger partial charge in [0.1, 0.15) is 35.9 Å². The highest BCUT2D eigenvalue weighted by molar-refractivity contribution is 5.49. The maximum absolute atomic E-state index is 11.0. The largest absolute Gasteiger partial charge is 0.497 e. The minimum absolute atomic E-state index is 0.107. The molecule has 5 N–H and O–H groups in total. The average molecular weight is 404 g/mol. The number of aliphatic hydroxyl groups excluding tert-OH is 4. The second-order valence-corrected chi connectivity index (χ2v) is 7.35. The van der Waals surface area contributed by atoms with E-state index >= 15 is 0 Å². The summed E-state index contributed by atoms with van der Waals surface area (Å²) in [6, 6.07) is 12.4. The summed E-state index contributed by atoms with van der Waals surface area (Å²) in [4.78, 5) is 0. The molecule has 2 aromatic rings. The van der Waals surface area contributed by atoms with E-state index in [9.17, 15) is 25.5 Å². The summed E-state index contributed by atoms with van der Waals surface area (Å²) >= 11 is 0. The summed E-state index contributed by atoms with van der Waals surface area (Å²) in [6.45, 7) is -0.219. The zero-order valence-electron chi connectivity index (χ0n) is 15.8. The summed E-state index contributed by atoms with van der Waals surface area (Å²) in [5.74, 6) is -1.03. The Morgan fingerprint density at radius 3 is 2.45 bits per heavy atom. The molecule has 156 valence electrons. The van der Waals surface area contributed by atoms with Gasteiger partial charge in [-0.05, 0) is 35.9 Å². The summed E-state index contributed by atoms with van der Waals surface area (Å²) in [6.07, 6.45) is -6.27. The zero-order chi connectivity index (χ0) is 20.8. The van der Waals surface area contributed by atoms with Gasteiger partial charge in [-0.1, -0.05) is 12.1 Å². The van der Waals surface area contributed by atoms with E-state index in [2.05, 4.69) is 0 Å². The summed E-state index contributed by atoms with van der Waals surface area (Å²) in [5.41, 5.74) is 1.97. The highest BCUT2D eigenvalue weighted by Gasteiger charge is 2.53. The van der Waals surface area contributed by atoms with Crippen LogP contribution in [0.3, 0.4) is 0 Å². The van der Waals surface area contributed by atoms with Crippen molar-refractivity contribution in [1.82, 2.24) is 0 Å². The van der Waals surface area contributed by atoms with Crippen LogP contribution in [0.4, 0.5) is 0 Å². The predicted molar refractivity (Wildman–Crippen MR) is 101 cm³/mol. The van der Waals surface area contributed by atoms with Crippen molar-refractivity contribution in [2.45, 2.75) is 36.1 Å². The van der Waals surface area contributed by atoms with E-state index in [4.69, 9.17) is 14.2 Å². The van der Waals surface area contributed by atoms with Crippen LogP contribution in [-0.4, -0.2) is 70.3 Å². The molecule has 0 radical (unpaired) electrons. The molecule has 2 aliphatic heterocycles. The van der Waals surface area contributed by atoms with Crippen LogP contribution in [0.15, 0.2) is 42.5 Å². The normalized spacial score (nSPS) is 33.8. The van der Waals surface area contributed by atoms with Gasteiger partial charge in [-0.3, -0.25) is 0 Å². The van der Waals surface area contributed by atoms with E-state index in [0.29, 0.717) is 12.4 Å². The topological polar surface area (TPSA) is 129 Å². The fourth-order valence-electron chi connectivity index (χ4n) is 3.94. The maximum atomic E-state index is 11.0. The minimum atomic E-state index is -2.30. The van der Waals surface area contributed by atoms with Crippen molar-refractivity contribution in [2.24, 2.45) is 0 Å². The van der Waals surface area contributed by atoms with Crippen LogP contribution in [0.25, 0.3) is 0 Å². The smallest absolute Gasteiger partial charge is 0.222 e. The Hall–Kier alpha value is -2.20. The summed E-state index contributed by atoms with van der Waals surface area (Å²) in [7, 11) is 1.59. The van der Waals surface area contributed by atoms with Crippen LogP contribution in [0.2, 0.25) is 0 Å². The number of benzene rings is 2. The predicted octanol–water partition coefficient (Wildman–Crippen LogP) is -0.162. The number of fused-ring (bicyclic) bond motifs is 1. The first-order chi connectivity index (χ1) is 13.9. The lowest BCUT2D eigenvalue weighted by Crippen LogP contribution is -2.63. The van der Waals surface area contributed by atoms with E-state index in [1.165, 1.54) is 6.07 Å². The van der Waals surface area contributed by atoms with Crippen LogP contribution < -0.4 is 9.47 Å². The van der Waals surface area contributed by atoms with Crippen LogP contribution in [-0.2, 0) is 10.5 Å². The second-order valence-electron chi connectivity index (χ2n) is 7.35. The van der Waals surface area contributed by atoms with Crippen LogP contribution >= 0.6 is 0 Å². The first kappa shape index (κ1) is 20.1. The van der Waals surface area contributed by atoms with Crippen molar-refractivity contribution in [2.75, 3.05) is 20.3 Å². The second kappa shape index (κ2) is 7.56. The van der Waals surface area contributed by atoms with E-state index in [1.807, 2.05) is 24.3 Å². The Morgan fingerprint density at radius 2 is 1.79 bits per heavy atom. The average Bonchev–Trinajstić information content (AvgIpc) is 3.18. The van der Waals surface area contributed by atoms with Crippen LogP contribution in [0, 0.1) is 0 Å². The Balaban J connectivity index is 1.70. The quantitative estimate of drug-likeness (QED) is 0.476. The zero-order valence-corrected chi connectivity index (χ0v) is 15.8. The Morgan fingerprint density at radius 1 is 1.07 bits per heavy atom. The number of ether oxygens (including phenoxy) is 3. The highest BCUT2D eigenvalue weighted by Crippen LogP contribution is 2.43. The van der Waals surface area contributed by atoms with E-state index < -0.39 is 36.8 Å². The lowest BCUT2D eigenvalue weighted by Gasteiger charge is -2.45. The summed E-state index contributed by atoms with van der Waals surface area (Å²) in [5, 5.41) is 50.9. The van der Waals surface area contributed by atoms with Gasteiger partial charge in [0.05, 0.1) is 20.3 Å². The molecule has 2 heterocycles. The lowest BCUT2D eigenvalue weighted by atomic mass is 9.85. The molecule has 1 unspecified atom stereocenters. The monoisotopic (exact) mass is 404 g/mol. The van der Waals surface area contributed by atoms with Crippen LogP contribution in [0.5, 0.6) is 11.5 Å². The number of hydrogen-bond donors (Lipinski definition) is 5. The SMILES string of the molecule is COc1ccc(C2COc3ccc([C@]4(O)O[C@H](CO)[C@@H](O)[C@H](O)[C@H]4O)cc32)cc1. The third-order valence-corrected chi connectivity index (χ3v) is 5.69. The molecule has 0 aliphatic carbocycles. The van der Waals surface area contributed by atoms with Crippen molar-refractivity contribution in [1.29, 1.82) is 0 Å². The standard InChI is InChI=1S/C21H24O8/c1-27-13-5-2-11(3-6-13)15-10-28-16-7-4-12(8-14(15)16)21(26)20(25)19(24)18(23)17(9-22)29-21/h2-8,15,17-20,22-26H,9-10H2,1H3/t15?,17-,18-,19+,20-,21+/m1/s1. The third kappa shape index (κ3) is 3.28. The van der Waals surface area contributed by atoms with Gasteiger partial charge in [0, 0.05) is 17.0 Å². The Labute approximate surface area is 167 Å². The van der Waals surface area contributed by atoms with E-state index in [-0.39, 0.29) is 11.5 Å². The molecular weight excluding hydrogens is 380 g/mol. The molecule has 0 amide bonds. The fourth-order valence-corrected chi connectivity index (χ4v) is 3.94. The maximum Gasteiger partial charge on any atom is 0.222 e. The van der Waals surface area contributed by atoms with Gasteiger partial charge in [0.25, 0.3) is 0 Å². The minimum Gasteiger partial charge on any atom is -0.497 e. The fraction of sp³-hybridized carbons (Fsp3) is 0.429. The molecule has 0 aromatic heterocycles. The molecule has 8 nitrogen and oxygen atoms in total. The molecule has 4 rings (SSSR count). The molecule has 8 heteroatoms. The molecule has 29 heavy (non-hydrogen) atoms. The van der Waals surface area contributed by atoms with Gasteiger partial charge in [0.2, 0.25) is 5.79 Å². The summed E-state index contributed by atoms with van der Waals surface area (Å²) < 4.78 is 16.4. The van der Waals surface area contributed by atoms with Gasteiger partial charge in [0.15, 0.2) is 0 Å². The first-order valence-electron chi connectivity index (χ1n) is 9.35. The molecule has 1 saturated heterocycles. The van der Waals surface area contributed by atoms with Crippen molar-refractivity contribution in [3.8, 4) is 11.5 Å². The van der Waals surface area contributed by atoms with E-state index in [0.717, 1.165) is 16.9 Å². The van der Waals surface area contributed by atoms with Gasteiger partial charge in [-0.15, -0.1) is 0 Å². The van der Waals surface area contributed by atoms with Crippen molar-refractivity contribution < 1.29 is 39.7 Å². The number of hydrogen-bond acceptors (Lipinski definition) is 8. The third-order valence-electron chi connectivity index (χ3n) is 5.69. The number of methoxy groups -OCH3 is 1. The molecule has 0 bridgehead atoms. The van der Waals surface area contributed by atoms with Gasteiger partial charge < -0.3 is 39.7 Å². The molecule has 2 aromatic carbocycles. The van der Waals surface area contributed by atoms with Crippen LogP contribution in [0.1, 0.15) is 22.6 Å². The molecular formula is C21H24O8. The highest BCUT2D eigenvalue weighted by atomic mass is 16.7. The lowest BCUT2D eigenvalue weighted by molar-refractivity contribution is -0.357. The Bertz CT molecular complexity index is 867. The number of aliphatic hydroxyl groups is 5. The van der Waals surface area contributed by atoms with Gasteiger partial charge in [-0.25, -0.2) is 0 Å². The molecule has 6 atom stereocenters. The first-order valence-corrected chi connectivity index (χ1v) is 9.35. The van der Waals surface area contributed by atoms with Crippen molar-refractivity contribution in [3.63, 3.8) is 0 Å². The molecule has 0 spiro atoms. The van der Waals surface area contributed by atoms with Gasteiger partial charge >= 0.3 is 0 Å². The molecule has 0 saturated carbocycles. The van der Waals surface area contributed by atoms with E-state index in [1.54, 1.807) is 19.2 Å². The molecule has 2 aliphatic rings. The van der Waals surface area contributed by atoms with Crippen molar-refractivity contribution in [3.05, 3.63) is 59.2 Å².